The summed E-state index contributed by atoms with van der Waals surface area (Å²) in [6, 6.07) is 13.2. The summed E-state index contributed by atoms with van der Waals surface area (Å²) in [7, 11) is 1.46. The Kier molecular flexibility index (Phi) is 5.69. The molecule has 4 rings (SSSR count). The Balaban J connectivity index is 1.80. The summed E-state index contributed by atoms with van der Waals surface area (Å²) in [6.45, 7) is 0. The molecular weight excluding hydrogens is 432 g/mol. The van der Waals surface area contributed by atoms with E-state index >= 15 is 0 Å². The van der Waals surface area contributed by atoms with Gasteiger partial charge in [0.2, 0.25) is 0 Å². The molecule has 0 spiro atoms. The molecule has 158 valence electrons. The Morgan fingerprint density at radius 3 is 2.35 bits per heavy atom. The van der Waals surface area contributed by atoms with Crippen molar-refractivity contribution in [2.24, 2.45) is 5.10 Å². The Morgan fingerprint density at radius 1 is 0.968 bits per heavy atom. The average Bonchev–Trinajstić information content (AvgIpc) is 3.21. The van der Waals surface area contributed by atoms with Crippen LogP contribution < -0.4 is 4.74 Å². The fourth-order valence-electron chi connectivity index (χ4n) is 3.08. The molecule has 3 aromatic carbocycles. The highest BCUT2D eigenvalue weighted by atomic mass is 32.2. The van der Waals surface area contributed by atoms with E-state index in [1.54, 1.807) is 24.3 Å². The van der Waals surface area contributed by atoms with Gasteiger partial charge in [0.25, 0.3) is 5.91 Å². The van der Waals surface area contributed by atoms with Crippen molar-refractivity contribution in [3.8, 4) is 5.75 Å². The third-order valence-corrected chi connectivity index (χ3v) is 5.81. The van der Waals surface area contributed by atoms with Crippen LogP contribution in [0.5, 0.6) is 5.75 Å². The number of para-hydroxylation sites is 1. The number of carbonyl (C=O) groups is 1. The number of benzene rings is 3. The molecule has 1 aliphatic rings. The Hall–Kier alpha value is -3.33. The largest absolute Gasteiger partial charge is 0.496 e. The molecule has 31 heavy (non-hydrogen) atoms. The van der Waals surface area contributed by atoms with E-state index in [9.17, 15) is 22.4 Å². The number of ether oxygens (including phenoxy) is 1. The molecule has 1 unspecified atom stereocenters. The van der Waals surface area contributed by atoms with Gasteiger partial charge >= 0.3 is 0 Å². The molecule has 1 atom stereocenters. The minimum Gasteiger partial charge on any atom is -0.496 e. The lowest BCUT2D eigenvalue weighted by atomic mass is 10.1. The zero-order valence-corrected chi connectivity index (χ0v) is 16.8. The predicted octanol–water partition coefficient (Wildman–Crippen LogP) is 5.50. The van der Waals surface area contributed by atoms with E-state index in [1.165, 1.54) is 31.4 Å². The van der Waals surface area contributed by atoms with Gasteiger partial charge in [-0.15, -0.1) is 0 Å². The van der Waals surface area contributed by atoms with Crippen LogP contribution in [0.4, 0.5) is 17.6 Å². The van der Waals surface area contributed by atoms with Crippen LogP contribution in [0.15, 0.2) is 65.8 Å². The molecule has 4 nitrogen and oxygen atoms in total. The molecule has 1 amide bonds. The zero-order valence-electron chi connectivity index (χ0n) is 16.0. The van der Waals surface area contributed by atoms with E-state index in [0.29, 0.717) is 34.1 Å². The van der Waals surface area contributed by atoms with Crippen LogP contribution in [0, 0.1) is 23.3 Å². The van der Waals surface area contributed by atoms with E-state index in [0.717, 1.165) is 16.8 Å². The summed E-state index contributed by atoms with van der Waals surface area (Å²) in [6.07, 6.45) is 0. The fourth-order valence-corrected chi connectivity index (χ4v) is 4.26. The van der Waals surface area contributed by atoms with Crippen LogP contribution in [0.2, 0.25) is 0 Å². The smallest absolute Gasteiger partial charge is 0.278 e. The number of nitrogens with zero attached hydrogens (tertiary/aromatic N) is 2. The van der Waals surface area contributed by atoms with Crippen molar-refractivity contribution in [1.29, 1.82) is 0 Å². The highest BCUT2D eigenvalue weighted by molar-refractivity contribution is 8.14. The molecule has 0 radical (unpaired) electrons. The van der Waals surface area contributed by atoms with Crippen molar-refractivity contribution < 1.29 is 27.1 Å². The van der Waals surface area contributed by atoms with Crippen molar-refractivity contribution in [3.63, 3.8) is 0 Å². The van der Waals surface area contributed by atoms with Crippen LogP contribution in [-0.4, -0.2) is 23.1 Å². The minimum atomic E-state index is -1.40. The molecule has 0 aromatic heterocycles. The van der Waals surface area contributed by atoms with Crippen molar-refractivity contribution in [3.05, 3.63) is 101 Å². The van der Waals surface area contributed by atoms with Gasteiger partial charge in [-0.05, 0) is 36.4 Å². The summed E-state index contributed by atoms with van der Waals surface area (Å²) >= 11 is 1.16. The minimum absolute atomic E-state index is 0.314. The highest BCUT2D eigenvalue weighted by Gasteiger charge is 2.37. The van der Waals surface area contributed by atoms with E-state index in [2.05, 4.69) is 5.10 Å². The first-order valence-corrected chi connectivity index (χ1v) is 9.89. The summed E-state index contributed by atoms with van der Waals surface area (Å²) in [5, 5.41) is 4.86. The average molecular weight is 446 g/mol. The van der Waals surface area contributed by atoms with Gasteiger partial charge in [-0.25, -0.2) is 22.6 Å². The number of carbonyl (C=O) groups excluding carboxylic acids is 1. The van der Waals surface area contributed by atoms with E-state index in [4.69, 9.17) is 4.74 Å². The number of amides is 1. The second-order valence-corrected chi connectivity index (χ2v) is 7.59. The first kappa shape index (κ1) is 20.9. The van der Waals surface area contributed by atoms with Gasteiger partial charge in [-0.2, -0.15) is 5.10 Å². The maximum absolute atomic E-state index is 14.3. The zero-order chi connectivity index (χ0) is 22.1. The van der Waals surface area contributed by atoms with Gasteiger partial charge in [0.1, 0.15) is 27.8 Å². The van der Waals surface area contributed by atoms with Gasteiger partial charge in [0, 0.05) is 17.2 Å². The Labute approximate surface area is 179 Å². The number of hydrogen-bond acceptors (Lipinski definition) is 4. The number of hydrazone groups is 1. The first-order chi connectivity index (χ1) is 14.9. The summed E-state index contributed by atoms with van der Waals surface area (Å²) in [5.41, 5.74) is 0.433. The van der Waals surface area contributed by atoms with Crippen LogP contribution in [0.3, 0.4) is 0 Å². The molecule has 9 heteroatoms. The maximum atomic E-state index is 14.3. The predicted molar refractivity (Wildman–Crippen MR) is 109 cm³/mol. The summed E-state index contributed by atoms with van der Waals surface area (Å²) < 4.78 is 60.0. The standard InChI is InChI=1S/C22H14F4N2O2S/c1-30-19-5-3-2-4-14(19)22-28(21(29)15-10-17(25)18(26)11-16(15)24)27-20(31-22)12-6-8-13(23)9-7-12/h2-11,22H,1H3. The maximum Gasteiger partial charge on any atom is 0.278 e. The normalized spacial score (nSPS) is 15.7. The quantitative estimate of drug-likeness (QED) is 0.393. The number of methoxy groups -OCH3 is 1. The van der Waals surface area contributed by atoms with Crippen LogP contribution in [0.25, 0.3) is 0 Å². The molecule has 0 fully saturated rings. The fraction of sp³-hybridized carbons (Fsp3) is 0.0909. The van der Waals surface area contributed by atoms with Gasteiger partial charge < -0.3 is 4.74 Å². The lowest BCUT2D eigenvalue weighted by Crippen LogP contribution is -2.27. The van der Waals surface area contributed by atoms with E-state index in [-0.39, 0.29) is 0 Å². The third kappa shape index (κ3) is 4.00. The highest BCUT2D eigenvalue weighted by Crippen LogP contribution is 2.45. The number of hydrogen-bond donors (Lipinski definition) is 0. The van der Waals surface area contributed by atoms with Crippen molar-refractivity contribution in [2.75, 3.05) is 7.11 Å². The molecule has 0 saturated carbocycles. The van der Waals surface area contributed by atoms with Crippen molar-refractivity contribution in [1.82, 2.24) is 5.01 Å². The lowest BCUT2D eigenvalue weighted by molar-refractivity contribution is 0.0742. The summed E-state index contributed by atoms with van der Waals surface area (Å²) in [5.74, 6) is -4.91. The molecule has 1 heterocycles. The SMILES string of the molecule is COc1ccccc1C1SC(c2ccc(F)cc2)=NN1C(=O)c1cc(F)c(F)cc1F. The van der Waals surface area contributed by atoms with Gasteiger partial charge in [-0.1, -0.05) is 30.0 Å². The summed E-state index contributed by atoms with van der Waals surface area (Å²) in [4.78, 5) is 13.1. The van der Waals surface area contributed by atoms with Crippen LogP contribution >= 0.6 is 11.8 Å². The van der Waals surface area contributed by atoms with E-state index < -0.39 is 40.1 Å². The second kappa shape index (κ2) is 8.43. The first-order valence-electron chi connectivity index (χ1n) is 9.01. The number of halogens is 4. The topological polar surface area (TPSA) is 41.9 Å². The lowest BCUT2D eigenvalue weighted by Gasteiger charge is -2.23. The molecular formula is C22H14F4N2O2S. The van der Waals surface area contributed by atoms with Crippen molar-refractivity contribution in [2.45, 2.75) is 5.37 Å². The second-order valence-electron chi connectivity index (χ2n) is 6.52. The monoisotopic (exact) mass is 446 g/mol. The molecule has 0 aliphatic carbocycles. The van der Waals surface area contributed by atoms with E-state index in [1.807, 2.05) is 0 Å². The van der Waals surface area contributed by atoms with Crippen LogP contribution in [-0.2, 0) is 0 Å². The number of thioether (sulfide) groups is 1. The molecule has 0 bridgehead atoms. The van der Waals surface area contributed by atoms with Gasteiger partial charge in [0.15, 0.2) is 11.6 Å². The molecule has 0 saturated heterocycles. The third-order valence-electron chi connectivity index (χ3n) is 4.59. The molecule has 3 aromatic rings. The molecule has 0 N–H and O–H groups in total. The number of rotatable bonds is 4. The van der Waals surface area contributed by atoms with Gasteiger partial charge in [0.05, 0.1) is 12.7 Å². The van der Waals surface area contributed by atoms with Gasteiger partial charge in [-0.3, -0.25) is 4.79 Å². The Morgan fingerprint density at radius 2 is 1.65 bits per heavy atom. The molecule has 1 aliphatic heterocycles. The Bertz CT molecular complexity index is 1180. The van der Waals surface area contributed by atoms with Crippen LogP contribution in [0.1, 0.15) is 26.9 Å². The van der Waals surface area contributed by atoms with Crippen molar-refractivity contribution >= 4 is 22.7 Å².